The van der Waals surface area contributed by atoms with E-state index >= 15 is 0 Å². The van der Waals surface area contributed by atoms with E-state index in [1.165, 1.54) is 43.9 Å². The molecule has 1 aliphatic carbocycles. The summed E-state index contributed by atoms with van der Waals surface area (Å²) < 4.78 is 2.38. The van der Waals surface area contributed by atoms with Gasteiger partial charge < -0.3 is 4.98 Å². The third kappa shape index (κ3) is 3.24. The van der Waals surface area contributed by atoms with E-state index in [-0.39, 0.29) is 0 Å². The first kappa shape index (κ1) is 17.7. The van der Waals surface area contributed by atoms with E-state index in [9.17, 15) is 0 Å². The Labute approximate surface area is 164 Å². The van der Waals surface area contributed by atoms with Crippen LogP contribution in [0.4, 0.5) is 0 Å². The lowest BCUT2D eigenvalue weighted by molar-refractivity contribution is -0.519. The number of nitrogens with zero attached hydrogens (tertiary/aromatic N) is 1. The van der Waals surface area contributed by atoms with E-state index in [4.69, 9.17) is 0 Å². The summed E-state index contributed by atoms with van der Waals surface area (Å²) in [7, 11) is 0. The Morgan fingerprint density at radius 3 is 2.37 bits per heavy atom. The van der Waals surface area contributed by atoms with Crippen LogP contribution < -0.4 is 0 Å². The molecule has 0 radical (unpaired) electrons. The number of rotatable bonds is 4. The fourth-order valence-electron chi connectivity index (χ4n) is 3.86. The normalized spacial score (nSPS) is 13.6. The Bertz CT molecular complexity index is 1060. The molecule has 136 valence electrons. The molecule has 3 heteroatoms. The number of aromatic amines is 1. The van der Waals surface area contributed by atoms with Crippen LogP contribution in [-0.2, 0) is 0 Å². The van der Waals surface area contributed by atoms with Crippen molar-refractivity contribution in [2.45, 2.75) is 20.8 Å². The highest BCUT2D eigenvalue weighted by molar-refractivity contribution is 7.11. The van der Waals surface area contributed by atoms with Crippen LogP contribution in [-0.4, -0.2) is 28.4 Å². The molecule has 0 fully saturated rings. The number of para-hydroxylation sites is 1. The number of H-pyrrole nitrogens is 1. The molecule has 4 rings (SSSR count). The van der Waals surface area contributed by atoms with Crippen LogP contribution in [0.2, 0.25) is 0 Å². The Hall–Kier alpha value is -2.65. The van der Waals surface area contributed by atoms with Gasteiger partial charge in [0.1, 0.15) is 13.1 Å². The predicted octanol–water partition coefficient (Wildman–Crippen LogP) is 5.96. The van der Waals surface area contributed by atoms with Crippen molar-refractivity contribution >= 4 is 33.5 Å². The van der Waals surface area contributed by atoms with Crippen LogP contribution >= 0.6 is 11.3 Å². The molecule has 0 bridgehead atoms. The molecule has 1 N–H and O–H groups in total. The van der Waals surface area contributed by atoms with Crippen molar-refractivity contribution in [2.24, 2.45) is 0 Å². The van der Waals surface area contributed by atoms with Crippen LogP contribution in [0.3, 0.4) is 0 Å². The lowest BCUT2D eigenvalue weighted by atomic mass is 9.93. The number of aryl methyl sites for hydroxylation is 1. The number of aromatic nitrogens is 1. The minimum atomic E-state index is 1.03. The first-order valence-corrected chi connectivity index (χ1v) is 10.4. The highest BCUT2D eigenvalue weighted by Crippen LogP contribution is 2.38. The highest BCUT2D eigenvalue weighted by Gasteiger charge is 2.19. The number of hydrogen-bond acceptors (Lipinski definition) is 1. The van der Waals surface area contributed by atoms with Gasteiger partial charge in [-0.05, 0) is 56.0 Å². The summed E-state index contributed by atoms with van der Waals surface area (Å²) in [4.78, 5) is 4.87. The number of nitrogens with one attached hydrogen (secondary N) is 1. The van der Waals surface area contributed by atoms with Crippen LogP contribution in [0.15, 0.2) is 71.7 Å². The summed E-state index contributed by atoms with van der Waals surface area (Å²) in [6.07, 6.45) is 9.04. The molecule has 0 spiro atoms. The molecule has 0 unspecified atom stereocenters. The quantitative estimate of drug-likeness (QED) is 0.544. The van der Waals surface area contributed by atoms with Crippen molar-refractivity contribution in [3.63, 3.8) is 0 Å². The van der Waals surface area contributed by atoms with Crippen molar-refractivity contribution in [3.8, 4) is 0 Å². The van der Waals surface area contributed by atoms with Gasteiger partial charge in [0.25, 0.3) is 0 Å². The predicted molar refractivity (Wildman–Crippen MR) is 118 cm³/mol. The third-order valence-corrected chi connectivity index (χ3v) is 6.08. The number of benzene rings is 1. The molecule has 0 saturated carbocycles. The molecular formula is C24H25N2S+. The highest BCUT2D eigenvalue weighted by atomic mass is 32.1. The van der Waals surface area contributed by atoms with Crippen LogP contribution in [0.25, 0.3) is 16.5 Å². The Morgan fingerprint density at radius 2 is 1.70 bits per heavy atom. The maximum Gasteiger partial charge on any atom is 0.199 e. The van der Waals surface area contributed by atoms with E-state index in [0.29, 0.717) is 0 Å². The van der Waals surface area contributed by atoms with Crippen LogP contribution in [0, 0.1) is 6.92 Å². The average molecular weight is 374 g/mol. The fraction of sp³-hybridized carbons (Fsp3) is 0.208. The first-order valence-electron chi connectivity index (χ1n) is 9.56. The summed E-state index contributed by atoms with van der Waals surface area (Å²) in [6.45, 7) is 8.64. The Balaban J connectivity index is 1.94. The zero-order valence-corrected chi connectivity index (χ0v) is 16.9. The zero-order valence-electron chi connectivity index (χ0n) is 16.1. The Morgan fingerprint density at radius 1 is 0.963 bits per heavy atom. The average Bonchev–Trinajstić information content (AvgIpc) is 3.33. The molecule has 0 saturated heterocycles. The SMILES string of the molecule is CC[N+](CC)=C1C=CC(=C(c2cccs2)c2c(C)[nH]c3ccccc23)C=C1. The summed E-state index contributed by atoms with van der Waals surface area (Å²) in [6, 6.07) is 12.9. The molecule has 0 amide bonds. The number of hydrogen-bond donors (Lipinski definition) is 1. The van der Waals surface area contributed by atoms with Gasteiger partial charge >= 0.3 is 0 Å². The van der Waals surface area contributed by atoms with Crippen molar-refractivity contribution in [2.75, 3.05) is 13.1 Å². The van der Waals surface area contributed by atoms with Gasteiger partial charge in [-0.1, -0.05) is 24.3 Å². The second-order valence-corrected chi connectivity index (χ2v) is 7.69. The van der Waals surface area contributed by atoms with Gasteiger partial charge in [-0.2, -0.15) is 0 Å². The minimum Gasteiger partial charge on any atom is -0.358 e. The first-order chi connectivity index (χ1) is 13.2. The standard InChI is InChI=1S/C24H24N2S/c1-4-26(5-2)19-14-12-18(13-15-19)24(22-11-8-16-27-22)23-17(3)25-21-10-7-6-9-20(21)23/h6-16H,4-5H2,1-3H3/p+1. The van der Waals surface area contributed by atoms with E-state index in [1.54, 1.807) is 11.3 Å². The lowest BCUT2D eigenvalue weighted by Gasteiger charge is -2.13. The van der Waals surface area contributed by atoms with Gasteiger partial charge in [0, 0.05) is 44.8 Å². The number of allylic oxidation sites excluding steroid dienone is 5. The molecule has 0 atom stereocenters. The Kier molecular flexibility index (Phi) is 4.95. The summed E-state index contributed by atoms with van der Waals surface area (Å²) in [5, 5.41) is 3.44. The van der Waals surface area contributed by atoms with Gasteiger partial charge in [-0.15, -0.1) is 11.3 Å². The topological polar surface area (TPSA) is 18.8 Å². The summed E-state index contributed by atoms with van der Waals surface area (Å²) >= 11 is 1.80. The van der Waals surface area contributed by atoms with Crippen molar-refractivity contribution in [3.05, 3.63) is 87.8 Å². The van der Waals surface area contributed by atoms with Crippen molar-refractivity contribution in [1.82, 2.24) is 4.98 Å². The van der Waals surface area contributed by atoms with Gasteiger partial charge in [-0.3, -0.25) is 0 Å². The molecule has 1 aliphatic rings. The van der Waals surface area contributed by atoms with E-state index in [0.717, 1.165) is 13.1 Å². The second kappa shape index (κ2) is 7.53. The number of thiophene rings is 1. The number of fused-ring (bicyclic) bond motifs is 1. The molecule has 3 aromatic rings. The lowest BCUT2D eigenvalue weighted by Crippen LogP contribution is -2.19. The third-order valence-electron chi connectivity index (χ3n) is 5.20. The molecular weight excluding hydrogens is 348 g/mol. The van der Waals surface area contributed by atoms with Crippen LogP contribution in [0.5, 0.6) is 0 Å². The van der Waals surface area contributed by atoms with Gasteiger partial charge in [0.2, 0.25) is 0 Å². The molecule has 2 nitrogen and oxygen atoms in total. The van der Waals surface area contributed by atoms with Gasteiger partial charge in [0.05, 0.1) is 0 Å². The van der Waals surface area contributed by atoms with Crippen LogP contribution in [0.1, 0.15) is 30.0 Å². The smallest absolute Gasteiger partial charge is 0.199 e. The molecule has 0 aliphatic heterocycles. The zero-order chi connectivity index (χ0) is 18.8. The maximum atomic E-state index is 3.56. The van der Waals surface area contributed by atoms with E-state index < -0.39 is 0 Å². The van der Waals surface area contributed by atoms with E-state index in [2.05, 4.69) is 96.4 Å². The molecule has 1 aromatic carbocycles. The van der Waals surface area contributed by atoms with Crippen molar-refractivity contribution in [1.29, 1.82) is 0 Å². The molecule has 27 heavy (non-hydrogen) atoms. The second-order valence-electron chi connectivity index (χ2n) is 6.74. The van der Waals surface area contributed by atoms with Crippen molar-refractivity contribution < 1.29 is 4.58 Å². The van der Waals surface area contributed by atoms with E-state index in [1.807, 2.05) is 0 Å². The van der Waals surface area contributed by atoms with Gasteiger partial charge in [0.15, 0.2) is 5.71 Å². The summed E-state index contributed by atoms with van der Waals surface area (Å²) in [5.41, 5.74) is 7.58. The largest absolute Gasteiger partial charge is 0.358 e. The fourth-order valence-corrected chi connectivity index (χ4v) is 4.66. The monoisotopic (exact) mass is 373 g/mol. The summed E-state index contributed by atoms with van der Waals surface area (Å²) in [5.74, 6) is 0. The molecule has 2 aromatic heterocycles. The maximum absolute atomic E-state index is 3.56. The molecule has 2 heterocycles. The van der Waals surface area contributed by atoms with Gasteiger partial charge in [-0.25, -0.2) is 4.58 Å². The minimum absolute atomic E-state index is 1.03.